The summed E-state index contributed by atoms with van der Waals surface area (Å²) in [6, 6.07) is 0.192. The van der Waals surface area contributed by atoms with Gasteiger partial charge in [0.25, 0.3) is 0 Å². The van der Waals surface area contributed by atoms with E-state index in [4.69, 9.17) is 11.6 Å². The molecule has 1 heterocycles. The van der Waals surface area contributed by atoms with Gasteiger partial charge in [0.1, 0.15) is 16.8 Å². The summed E-state index contributed by atoms with van der Waals surface area (Å²) >= 11 is 5.95. The topological polar surface area (TPSA) is 46.1 Å². The van der Waals surface area contributed by atoms with Crippen LogP contribution >= 0.6 is 11.6 Å². The van der Waals surface area contributed by atoms with Crippen molar-refractivity contribution in [3.63, 3.8) is 0 Å². The number of carbonyl (C=O) groups excluding carboxylic acids is 1. The van der Waals surface area contributed by atoms with Gasteiger partial charge < -0.3 is 4.90 Å². The summed E-state index contributed by atoms with van der Waals surface area (Å²) in [4.78, 5) is 21.3. The number of hydrogen-bond acceptors (Lipinski definition) is 4. The van der Waals surface area contributed by atoms with Gasteiger partial charge in [0.05, 0.1) is 5.56 Å². The Hall–Kier alpha value is -1.42. The van der Waals surface area contributed by atoms with Crippen LogP contribution in [0.1, 0.15) is 30.0 Å². The first-order valence-electron chi connectivity index (χ1n) is 5.38. The van der Waals surface area contributed by atoms with E-state index in [2.05, 4.69) is 16.5 Å². The maximum Gasteiger partial charge on any atom is 0.156 e. The number of nitrogens with zero attached hydrogens (tertiary/aromatic N) is 3. The Kier molecular flexibility index (Phi) is 4.63. The lowest BCUT2D eigenvalue weighted by atomic mass is 10.2. The molecule has 0 N–H and O–H groups in total. The standard InChI is InChI=1S/C12H16ClN3O/c1-5-6-16(8(2)3)12-10(7-17)11(13)14-9(4)15-12/h5,7-8H,1,6H2,2-4H3. The highest BCUT2D eigenvalue weighted by molar-refractivity contribution is 6.32. The number of halogens is 1. The summed E-state index contributed by atoms with van der Waals surface area (Å²) in [7, 11) is 0. The van der Waals surface area contributed by atoms with Crippen LogP contribution < -0.4 is 4.90 Å². The summed E-state index contributed by atoms with van der Waals surface area (Å²) in [6.07, 6.45) is 2.45. The highest BCUT2D eigenvalue weighted by atomic mass is 35.5. The predicted octanol–water partition coefficient (Wildman–Crippen LogP) is 2.65. The zero-order valence-corrected chi connectivity index (χ0v) is 11.0. The highest BCUT2D eigenvalue weighted by Gasteiger charge is 2.18. The van der Waals surface area contributed by atoms with Crippen molar-refractivity contribution in [3.05, 3.63) is 29.2 Å². The first-order chi connectivity index (χ1) is 8.01. The lowest BCUT2D eigenvalue weighted by Gasteiger charge is -2.27. The fourth-order valence-electron chi connectivity index (χ4n) is 1.53. The van der Waals surface area contributed by atoms with Gasteiger partial charge in [-0.15, -0.1) is 6.58 Å². The molecule has 0 aliphatic carbocycles. The van der Waals surface area contributed by atoms with E-state index in [9.17, 15) is 4.79 Å². The first kappa shape index (κ1) is 13.6. The average molecular weight is 254 g/mol. The van der Waals surface area contributed by atoms with Crippen molar-refractivity contribution in [3.8, 4) is 0 Å². The molecule has 0 radical (unpaired) electrons. The number of rotatable bonds is 5. The molecular weight excluding hydrogens is 238 g/mol. The van der Waals surface area contributed by atoms with E-state index in [1.165, 1.54) is 0 Å². The molecule has 0 spiro atoms. The van der Waals surface area contributed by atoms with Crippen molar-refractivity contribution in [2.24, 2.45) is 0 Å². The molecule has 92 valence electrons. The van der Waals surface area contributed by atoms with Crippen molar-refractivity contribution in [2.75, 3.05) is 11.4 Å². The van der Waals surface area contributed by atoms with Crippen LogP contribution in [0.15, 0.2) is 12.7 Å². The third kappa shape index (κ3) is 3.03. The number of carbonyl (C=O) groups is 1. The summed E-state index contributed by atoms with van der Waals surface area (Å²) < 4.78 is 0. The Labute approximate surface area is 106 Å². The smallest absolute Gasteiger partial charge is 0.156 e. The maximum absolute atomic E-state index is 11.1. The van der Waals surface area contributed by atoms with Crippen molar-refractivity contribution >= 4 is 23.7 Å². The monoisotopic (exact) mass is 253 g/mol. The predicted molar refractivity (Wildman–Crippen MR) is 69.8 cm³/mol. The molecule has 0 amide bonds. The first-order valence-corrected chi connectivity index (χ1v) is 5.75. The van der Waals surface area contributed by atoms with Gasteiger partial charge in [0, 0.05) is 12.6 Å². The molecule has 4 nitrogen and oxygen atoms in total. The van der Waals surface area contributed by atoms with E-state index in [1.807, 2.05) is 18.7 Å². The van der Waals surface area contributed by atoms with Gasteiger partial charge in [-0.05, 0) is 20.8 Å². The van der Waals surface area contributed by atoms with Gasteiger partial charge in [0.15, 0.2) is 6.29 Å². The minimum Gasteiger partial charge on any atom is -0.350 e. The minimum absolute atomic E-state index is 0.192. The molecular formula is C12H16ClN3O. The molecule has 5 heteroatoms. The summed E-state index contributed by atoms with van der Waals surface area (Å²) in [5, 5.41) is 0.192. The van der Waals surface area contributed by atoms with Crippen LogP contribution in [-0.2, 0) is 0 Å². The molecule has 1 aromatic rings. The van der Waals surface area contributed by atoms with E-state index >= 15 is 0 Å². The lowest BCUT2D eigenvalue weighted by molar-refractivity contribution is 0.112. The van der Waals surface area contributed by atoms with Gasteiger partial charge >= 0.3 is 0 Å². The molecule has 0 saturated heterocycles. The van der Waals surface area contributed by atoms with Gasteiger partial charge in [-0.1, -0.05) is 17.7 Å². The van der Waals surface area contributed by atoms with Crippen molar-refractivity contribution < 1.29 is 4.79 Å². The summed E-state index contributed by atoms with van der Waals surface area (Å²) in [5.74, 6) is 1.11. The lowest BCUT2D eigenvalue weighted by Crippen LogP contribution is -2.33. The third-order valence-electron chi connectivity index (χ3n) is 2.33. The maximum atomic E-state index is 11.1. The molecule has 0 atom stereocenters. The van der Waals surface area contributed by atoms with E-state index < -0.39 is 0 Å². The van der Waals surface area contributed by atoms with E-state index in [0.717, 1.165) is 0 Å². The van der Waals surface area contributed by atoms with Gasteiger partial charge in [0.2, 0.25) is 0 Å². The van der Waals surface area contributed by atoms with E-state index in [-0.39, 0.29) is 11.2 Å². The summed E-state index contributed by atoms with van der Waals surface area (Å²) in [6.45, 7) is 10.1. The highest BCUT2D eigenvalue weighted by Crippen LogP contribution is 2.24. The second kappa shape index (κ2) is 5.77. The Bertz CT molecular complexity index is 432. The Balaban J connectivity index is 3.34. The van der Waals surface area contributed by atoms with Crippen LogP contribution in [0.5, 0.6) is 0 Å². The molecule has 0 aliphatic heterocycles. The van der Waals surface area contributed by atoms with Crippen LogP contribution in [-0.4, -0.2) is 28.8 Å². The average Bonchev–Trinajstić information content (AvgIpc) is 2.24. The third-order valence-corrected chi connectivity index (χ3v) is 2.62. The number of aromatic nitrogens is 2. The second-order valence-electron chi connectivity index (χ2n) is 3.95. The minimum atomic E-state index is 0.192. The molecule has 0 unspecified atom stereocenters. The van der Waals surface area contributed by atoms with Crippen molar-refractivity contribution in [1.29, 1.82) is 0 Å². The van der Waals surface area contributed by atoms with Crippen LogP contribution in [0.3, 0.4) is 0 Å². The number of anilines is 1. The molecule has 0 aliphatic rings. The largest absolute Gasteiger partial charge is 0.350 e. The zero-order valence-electron chi connectivity index (χ0n) is 10.3. The molecule has 1 rings (SSSR count). The van der Waals surface area contributed by atoms with Gasteiger partial charge in [-0.2, -0.15) is 0 Å². The molecule has 0 fully saturated rings. The summed E-state index contributed by atoms with van der Waals surface area (Å²) in [5.41, 5.74) is 0.327. The van der Waals surface area contributed by atoms with E-state index in [0.29, 0.717) is 30.0 Å². The van der Waals surface area contributed by atoms with Crippen molar-refractivity contribution in [2.45, 2.75) is 26.8 Å². The number of aldehydes is 1. The second-order valence-corrected chi connectivity index (χ2v) is 4.31. The zero-order chi connectivity index (χ0) is 13.0. The number of aryl methyl sites for hydroxylation is 1. The van der Waals surface area contributed by atoms with Crippen LogP contribution in [0.25, 0.3) is 0 Å². The Morgan fingerprint density at radius 1 is 1.47 bits per heavy atom. The SMILES string of the molecule is C=CCN(c1nc(C)nc(Cl)c1C=O)C(C)C. The Morgan fingerprint density at radius 3 is 2.59 bits per heavy atom. The fraction of sp³-hybridized carbons (Fsp3) is 0.417. The molecule has 0 saturated carbocycles. The quantitative estimate of drug-likeness (QED) is 0.460. The Morgan fingerprint density at radius 2 is 2.12 bits per heavy atom. The number of hydrogen-bond donors (Lipinski definition) is 0. The fourth-order valence-corrected chi connectivity index (χ4v) is 1.79. The van der Waals surface area contributed by atoms with Gasteiger partial charge in [-0.3, -0.25) is 4.79 Å². The van der Waals surface area contributed by atoms with Crippen LogP contribution in [0.2, 0.25) is 5.15 Å². The molecule has 0 bridgehead atoms. The normalized spacial score (nSPS) is 10.4. The molecule has 17 heavy (non-hydrogen) atoms. The van der Waals surface area contributed by atoms with Crippen LogP contribution in [0, 0.1) is 6.92 Å². The van der Waals surface area contributed by atoms with E-state index in [1.54, 1.807) is 13.0 Å². The van der Waals surface area contributed by atoms with Crippen LogP contribution in [0.4, 0.5) is 5.82 Å². The molecule has 1 aromatic heterocycles. The van der Waals surface area contributed by atoms with Crippen molar-refractivity contribution in [1.82, 2.24) is 9.97 Å². The van der Waals surface area contributed by atoms with Gasteiger partial charge in [-0.25, -0.2) is 9.97 Å². The molecule has 0 aromatic carbocycles.